The lowest BCUT2D eigenvalue weighted by Gasteiger charge is -2.43. The lowest BCUT2D eigenvalue weighted by molar-refractivity contribution is -0.0139. The van der Waals surface area contributed by atoms with E-state index < -0.39 is 6.10 Å². The number of piperidine rings is 1. The second-order valence-corrected chi connectivity index (χ2v) is 8.50. The van der Waals surface area contributed by atoms with Crippen LogP contribution in [0.5, 0.6) is 0 Å². The molecule has 1 fully saturated rings. The molecule has 2 aliphatic rings. The highest BCUT2D eigenvalue weighted by molar-refractivity contribution is 6.16. The summed E-state index contributed by atoms with van der Waals surface area (Å²) in [6.07, 6.45) is 4.34. The van der Waals surface area contributed by atoms with Crippen molar-refractivity contribution in [3.05, 3.63) is 71.7 Å². The number of halogens is 1. The molecule has 7 nitrogen and oxygen atoms in total. The summed E-state index contributed by atoms with van der Waals surface area (Å²) in [6, 6.07) is 13.8. The molecular formula is C23H24ClN5O2. The molecule has 2 aliphatic heterocycles. The summed E-state index contributed by atoms with van der Waals surface area (Å²) in [4.78, 5) is 25.8. The smallest absolute Gasteiger partial charge is 0.272 e. The van der Waals surface area contributed by atoms with Crippen molar-refractivity contribution in [1.82, 2.24) is 23.9 Å². The normalized spacial score (nSPS) is 21.7. The summed E-state index contributed by atoms with van der Waals surface area (Å²) >= 11 is 6.08. The number of aliphatic hydroxyl groups excluding tert-OH is 1. The number of aromatic nitrogens is 3. The summed E-state index contributed by atoms with van der Waals surface area (Å²) in [6.45, 7) is 2.67. The number of amides is 1. The zero-order valence-electron chi connectivity index (χ0n) is 17.1. The van der Waals surface area contributed by atoms with E-state index in [1.165, 1.54) is 15.2 Å². The number of benzene rings is 1. The van der Waals surface area contributed by atoms with E-state index in [2.05, 4.69) is 39.1 Å². The predicted molar refractivity (Wildman–Crippen MR) is 118 cm³/mol. The summed E-state index contributed by atoms with van der Waals surface area (Å²) in [5, 5.41) is 10.9. The van der Waals surface area contributed by atoms with E-state index in [0.717, 1.165) is 25.9 Å². The molecule has 1 amide bonds. The molecule has 2 atom stereocenters. The van der Waals surface area contributed by atoms with Gasteiger partial charge in [0, 0.05) is 56.4 Å². The average Bonchev–Trinajstić information content (AvgIpc) is 3.24. The average molecular weight is 438 g/mol. The molecule has 8 heteroatoms. The quantitative estimate of drug-likeness (QED) is 0.681. The van der Waals surface area contributed by atoms with Gasteiger partial charge < -0.3 is 10.0 Å². The fourth-order valence-electron chi connectivity index (χ4n) is 4.63. The second-order valence-electron chi connectivity index (χ2n) is 8.13. The Bertz CT molecular complexity index is 1100. The first-order valence-electron chi connectivity index (χ1n) is 10.6. The van der Waals surface area contributed by atoms with E-state index in [4.69, 9.17) is 11.8 Å². The molecule has 1 saturated heterocycles. The third-order valence-corrected chi connectivity index (χ3v) is 6.53. The van der Waals surface area contributed by atoms with Gasteiger partial charge in [-0.05, 0) is 36.1 Å². The first kappa shape index (κ1) is 20.2. The summed E-state index contributed by atoms with van der Waals surface area (Å²) in [5.74, 6) is 0.302. The van der Waals surface area contributed by atoms with Gasteiger partial charge in [0.25, 0.3) is 5.91 Å². The lowest BCUT2D eigenvalue weighted by Crippen LogP contribution is -2.56. The molecule has 31 heavy (non-hydrogen) atoms. The highest BCUT2D eigenvalue weighted by Gasteiger charge is 2.35. The van der Waals surface area contributed by atoms with Crippen LogP contribution in [0, 0.1) is 0 Å². The molecule has 0 spiro atoms. The maximum atomic E-state index is 13.1. The minimum absolute atomic E-state index is 0.0559. The monoisotopic (exact) mass is 437 g/mol. The zero-order chi connectivity index (χ0) is 21.4. The van der Waals surface area contributed by atoms with Gasteiger partial charge in [-0.15, -0.1) is 0 Å². The standard InChI is InChI=1S/C23H24ClN5O2/c24-29-13-10-25-22(29)18-6-3-7-19(26-18)23(31)28-12-9-20(21(30)15-28)27-11-8-16-4-1-2-5-17(16)14-27/h1-7,10,13,20-21,30H,8-9,11-12,14-15H2. The Balaban J connectivity index is 1.27. The van der Waals surface area contributed by atoms with Crippen molar-refractivity contribution in [3.8, 4) is 11.5 Å². The van der Waals surface area contributed by atoms with E-state index in [1.54, 1.807) is 35.5 Å². The number of fused-ring (bicyclic) bond motifs is 1. The van der Waals surface area contributed by atoms with Crippen LogP contribution >= 0.6 is 11.8 Å². The number of likely N-dealkylation sites (tertiary alicyclic amines) is 1. The summed E-state index contributed by atoms with van der Waals surface area (Å²) in [7, 11) is 0. The molecule has 3 aromatic rings. The highest BCUT2D eigenvalue weighted by atomic mass is 35.5. The molecule has 5 rings (SSSR count). The second kappa shape index (κ2) is 8.42. The zero-order valence-corrected chi connectivity index (χ0v) is 17.8. The van der Waals surface area contributed by atoms with Gasteiger partial charge in [-0.1, -0.05) is 30.3 Å². The number of aliphatic hydroxyl groups is 1. The van der Waals surface area contributed by atoms with Gasteiger partial charge in [0.1, 0.15) is 11.4 Å². The van der Waals surface area contributed by atoms with Crippen LogP contribution in [0.1, 0.15) is 28.0 Å². The van der Waals surface area contributed by atoms with E-state index in [-0.39, 0.29) is 11.9 Å². The SMILES string of the molecule is O=C(c1cccc(-c2nccn2Cl)n1)N1CCC(N2CCc3ccccc3C2)C(O)C1. The van der Waals surface area contributed by atoms with Crippen LogP contribution < -0.4 is 0 Å². The first-order valence-corrected chi connectivity index (χ1v) is 10.9. The molecule has 0 bridgehead atoms. The fraction of sp³-hybridized carbons (Fsp3) is 0.348. The molecule has 0 aliphatic carbocycles. The van der Waals surface area contributed by atoms with E-state index in [0.29, 0.717) is 30.3 Å². The van der Waals surface area contributed by atoms with Crippen LogP contribution in [-0.2, 0) is 13.0 Å². The molecular weight excluding hydrogens is 414 g/mol. The summed E-state index contributed by atoms with van der Waals surface area (Å²) < 4.78 is 1.35. The number of pyridine rings is 1. The van der Waals surface area contributed by atoms with Crippen molar-refractivity contribution in [2.24, 2.45) is 0 Å². The van der Waals surface area contributed by atoms with Gasteiger partial charge in [0.05, 0.1) is 6.10 Å². The Kier molecular flexibility index (Phi) is 5.48. The Morgan fingerprint density at radius 2 is 1.94 bits per heavy atom. The maximum absolute atomic E-state index is 13.1. The Morgan fingerprint density at radius 3 is 2.71 bits per heavy atom. The molecule has 0 saturated carbocycles. The van der Waals surface area contributed by atoms with Crippen LogP contribution in [0.15, 0.2) is 54.9 Å². The van der Waals surface area contributed by atoms with Gasteiger partial charge in [-0.3, -0.25) is 9.69 Å². The van der Waals surface area contributed by atoms with Crippen molar-refractivity contribution in [1.29, 1.82) is 0 Å². The van der Waals surface area contributed by atoms with Crippen LogP contribution in [0.25, 0.3) is 11.5 Å². The fourth-order valence-corrected chi connectivity index (χ4v) is 4.82. The number of β-amino-alcohol motifs (C(OH)–C–C–N with tert-alkyl or cyclic N) is 1. The van der Waals surface area contributed by atoms with E-state index in [1.807, 2.05) is 0 Å². The Labute approximate surface area is 186 Å². The number of hydrogen-bond acceptors (Lipinski definition) is 5. The molecule has 2 aromatic heterocycles. The summed E-state index contributed by atoms with van der Waals surface area (Å²) in [5.41, 5.74) is 3.59. The van der Waals surface area contributed by atoms with Crippen LogP contribution in [0.2, 0.25) is 0 Å². The van der Waals surface area contributed by atoms with Crippen molar-refractivity contribution < 1.29 is 9.90 Å². The number of nitrogens with zero attached hydrogens (tertiary/aromatic N) is 5. The number of hydrogen-bond donors (Lipinski definition) is 1. The highest BCUT2D eigenvalue weighted by Crippen LogP contribution is 2.26. The number of carbonyl (C=O) groups is 1. The van der Waals surface area contributed by atoms with Gasteiger partial charge in [-0.2, -0.15) is 0 Å². The number of carbonyl (C=O) groups excluding carboxylic acids is 1. The maximum Gasteiger partial charge on any atom is 0.272 e. The predicted octanol–water partition coefficient (Wildman–Crippen LogP) is 2.58. The molecule has 2 unspecified atom stereocenters. The van der Waals surface area contributed by atoms with Crippen LogP contribution in [0.3, 0.4) is 0 Å². The largest absolute Gasteiger partial charge is 0.390 e. The van der Waals surface area contributed by atoms with Gasteiger partial charge in [0.15, 0.2) is 5.82 Å². The molecule has 160 valence electrons. The van der Waals surface area contributed by atoms with Crippen molar-refractivity contribution >= 4 is 17.7 Å². The minimum atomic E-state index is -0.590. The molecule has 1 aromatic carbocycles. The van der Waals surface area contributed by atoms with E-state index in [9.17, 15) is 9.90 Å². The lowest BCUT2D eigenvalue weighted by atomic mass is 9.94. The third kappa shape index (κ3) is 3.96. The third-order valence-electron chi connectivity index (χ3n) is 6.26. The van der Waals surface area contributed by atoms with E-state index >= 15 is 0 Å². The van der Waals surface area contributed by atoms with Crippen LogP contribution in [-0.4, -0.2) is 66.6 Å². The van der Waals surface area contributed by atoms with Gasteiger partial charge >= 0.3 is 0 Å². The number of rotatable bonds is 3. The van der Waals surface area contributed by atoms with Gasteiger partial charge in [-0.25, -0.2) is 14.1 Å². The molecule has 4 heterocycles. The van der Waals surface area contributed by atoms with Crippen molar-refractivity contribution in [2.75, 3.05) is 19.6 Å². The van der Waals surface area contributed by atoms with Crippen LogP contribution in [0.4, 0.5) is 0 Å². The van der Waals surface area contributed by atoms with Crippen molar-refractivity contribution in [2.45, 2.75) is 31.5 Å². The Morgan fingerprint density at radius 1 is 1.10 bits per heavy atom. The topological polar surface area (TPSA) is 74.5 Å². The van der Waals surface area contributed by atoms with Gasteiger partial charge in [0.2, 0.25) is 0 Å². The number of imidazole rings is 1. The minimum Gasteiger partial charge on any atom is -0.390 e. The Hall–Kier alpha value is -2.74. The first-order chi connectivity index (χ1) is 15.1. The molecule has 1 N–H and O–H groups in total. The van der Waals surface area contributed by atoms with Crippen molar-refractivity contribution in [3.63, 3.8) is 0 Å². The molecule has 0 radical (unpaired) electrons.